The lowest BCUT2D eigenvalue weighted by atomic mass is 10.2. The fourth-order valence-corrected chi connectivity index (χ4v) is 1.96. The Morgan fingerprint density at radius 2 is 2.20 bits per heavy atom. The van der Waals surface area contributed by atoms with Crippen molar-refractivity contribution in [2.45, 2.75) is 13.0 Å². The molecule has 0 amide bonds. The number of fused-ring (bicyclic) bond motifs is 1. The molecule has 1 aromatic carbocycles. The van der Waals surface area contributed by atoms with E-state index in [1.54, 1.807) is 6.26 Å². The molecule has 1 atom stereocenters. The van der Waals surface area contributed by atoms with Gasteiger partial charge in [0, 0.05) is 12.0 Å². The summed E-state index contributed by atoms with van der Waals surface area (Å²) in [6, 6.07) is 7.27. The molecule has 6 heteroatoms. The Labute approximate surface area is 115 Å². The molecule has 0 bridgehead atoms. The van der Waals surface area contributed by atoms with Crippen molar-refractivity contribution < 1.29 is 13.7 Å². The minimum atomic E-state index is -0.398. The van der Waals surface area contributed by atoms with E-state index in [2.05, 4.69) is 10.1 Å². The van der Waals surface area contributed by atoms with E-state index in [9.17, 15) is 0 Å². The van der Waals surface area contributed by atoms with E-state index < -0.39 is 6.04 Å². The van der Waals surface area contributed by atoms with Crippen molar-refractivity contribution in [1.82, 2.24) is 10.1 Å². The molecule has 3 rings (SSSR count). The van der Waals surface area contributed by atoms with E-state index in [-0.39, 0.29) is 0 Å². The summed E-state index contributed by atoms with van der Waals surface area (Å²) in [6.45, 7) is 2.87. The first-order chi connectivity index (χ1) is 9.79. The average Bonchev–Trinajstić information content (AvgIpc) is 3.10. The number of para-hydroxylation sites is 1. The first-order valence-corrected chi connectivity index (χ1v) is 6.43. The van der Waals surface area contributed by atoms with E-state index in [1.807, 2.05) is 31.2 Å². The van der Waals surface area contributed by atoms with Crippen molar-refractivity contribution in [2.24, 2.45) is 5.73 Å². The predicted octanol–water partition coefficient (Wildman–Crippen LogP) is 2.52. The van der Waals surface area contributed by atoms with Gasteiger partial charge in [-0.2, -0.15) is 4.98 Å². The molecule has 0 spiro atoms. The van der Waals surface area contributed by atoms with Crippen LogP contribution in [0.4, 0.5) is 0 Å². The quantitative estimate of drug-likeness (QED) is 0.768. The van der Waals surface area contributed by atoms with E-state index in [4.69, 9.17) is 19.4 Å². The molecule has 0 saturated carbocycles. The van der Waals surface area contributed by atoms with E-state index in [0.717, 1.165) is 16.5 Å². The molecule has 0 aliphatic rings. The normalized spacial score (nSPS) is 12.9. The van der Waals surface area contributed by atoms with Gasteiger partial charge < -0.3 is 19.4 Å². The Bertz CT molecular complexity index is 704. The number of nitrogens with zero attached hydrogens (tertiary/aromatic N) is 2. The molecule has 0 radical (unpaired) electrons. The molecule has 104 valence electrons. The van der Waals surface area contributed by atoms with Crippen LogP contribution in [0, 0.1) is 0 Å². The molecule has 3 aromatic rings. The van der Waals surface area contributed by atoms with Gasteiger partial charge in [0.25, 0.3) is 5.89 Å². The molecular formula is C14H15N3O3. The van der Waals surface area contributed by atoms with E-state index >= 15 is 0 Å². The third-order valence-corrected chi connectivity index (χ3v) is 2.99. The highest BCUT2D eigenvalue weighted by Gasteiger charge is 2.18. The minimum absolute atomic E-state index is 0.363. The maximum absolute atomic E-state index is 5.93. The third-order valence-electron chi connectivity index (χ3n) is 2.99. The highest BCUT2D eigenvalue weighted by molar-refractivity contribution is 5.91. The van der Waals surface area contributed by atoms with E-state index in [0.29, 0.717) is 24.9 Å². The number of hydrogen-bond acceptors (Lipinski definition) is 6. The molecule has 0 aliphatic heterocycles. The Balaban J connectivity index is 1.90. The first kappa shape index (κ1) is 12.8. The molecule has 0 saturated heterocycles. The van der Waals surface area contributed by atoms with Gasteiger partial charge in [0.15, 0.2) is 5.82 Å². The summed E-state index contributed by atoms with van der Waals surface area (Å²) >= 11 is 0. The van der Waals surface area contributed by atoms with Crippen molar-refractivity contribution in [2.75, 3.05) is 13.2 Å². The zero-order valence-electron chi connectivity index (χ0n) is 11.1. The number of aromatic nitrogens is 2. The first-order valence-electron chi connectivity index (χ1n) is 6.43. The molecule has 0 fully saturated rings. The monoisotopic (exact) mass is 273 g/mol. The number of rotatable bonds is 5. The summed E-state index contributed by atoms with van der Waals surface area (Å²) in [5.41, 5.74) is 7.47. The highest BCUT2D eigenvalue weighted by atomic mass is 16.5. The Morgan fingerprint density at radius 3 is 3.05 bits per heavy atom. The van der Waals surface area contributed by atoms with Gasteiger partial charge in [-0.25, -0.2) is 0 Å². The standard InChI is InChI=1S/C14H15N3O3/c1-2-18-8-11(15)13-16-14(20-17-13)10-7-19-12-6-4-3-5-9(10)12/h3-7,11H,2,8,15H2,1H3. The Kier molecular flexibility index (Phi) is 3.49. The summed E-state index contributed by atoms with van der Waals surface area (Å²) in [4.78, 5) is 4.31. The van der Waals surface area contributed by atoms with Gasteiger partial charge in [0.2, 0.25) is 0 Å². The largest absolute Gasteiger partial charge is 0.463 e. The maximum atomic E-state index is 5.93. The van der Waals surface area contributed by atoms with Crippen molar-refractivity contribution in [3.8, 4) is 11.5 Å². The zero-order valence-corrected chi connectivity index (χ0v) is 11.1. The van der Waals surface area contributed by atoms with Crippen molar-refractivity contribution >= 4 is 11.0 Å². The number of nitrogens with two attached hydrogens (primary N) is 1. The number of hydrogen-bond donors (Lipinski definition) is 1. The predicted molar refractivity (Wildman–Crippen MR) is 72.9 cm³/mol. The van der Waals surface area contributed by atoms with Crippen LogP contribution in [0.1, 0.15) is 18.8 Å². The minimum Gasteiger partial charge on any atom is -0.463 e. The van der Waals surface area contributed by atoms with Crippen LogP contribution < -0.4 is 5.73 Å². The second-order valence-corrected chi connectivity index (χ2v) is 4.37. The van der Waals surface area contributed by atoms with E-state index in [1.165, 1.54) is 0 Å². The lowest BCUT2D eigenvalue weighted by Gasteiger charge is -2.05. The summed E-state index contributed by atoms with van der Waals surface area (Å²) in [5.74, 6) is 0.829. The Morgan fingerprint density at radius 1 is 1.35 bits per heavy atom. The van der Waals surface area contributed by atoms with Gasteiger partial charge in [-0.15, -0.1) is 0 Å². The molecule has 2 aromatic heterocycles. The van der Waals surface area contributed by atoms with Crippen molar-refractivity contribution in [3.63, 3.8) is 0 Å². The molecule has 6 nitrogen and oxygen atoms in total. The number of ether oxygens (including phenoxy) is 1. The molecular weight excluding hydrogens is 258 g/mol. The highest BCUT2D eigenvalue weighted by Crippen LogP contribution is 2.29. The summed E-state index contributed by atoms with van der Waals surface area (Å²) in [6.07, 6.45) is 1.61. The lowest BCUT2D eigenvalue weighted by Crippen LogP contribution is -2.18. The lowest BCUT2D eigenvalue weighted by molar-refractivity contribution is 0.130. The molecule has 0 aliphatic carbocycles. The van der Waals surface area contributed by atoms with Crippen molar-refractivity contribution in [1.29, 1.82) is 0 Å². The molecule has 2 heterocycles. The van der Waals surface area contributed by atoms with Crippen LogP contribution in [0.5, 0.6) is 0 Å². The second-order valence-electron chi connectivity index (χ2n) is 4.37. The topological polar surface area (TPSA) is 87.3 Å². The summed E-state index contributed by atoms with van der Waals surface area (Å²) < 4.78 is 16.0. The zero-order chi connectivity index (χ0) is 13.9. The third kappa shape index (κ3) is 2.31. The van der Waals surface area contributed by atoms with Gasteiger partial charge in [0.05, 0.1) is 18.2 Å². The average molecular weight is 273 g/mol. The second kappa shape index (κ2) is 5.44. The van der Waals surface area contributed by atoms with Crippen LogP contribution in [0.3, 0.4) is 0 Å². The van der Waals surface area contributed by atoms with Gasteiger partial charge >= 0.3 is 0 Å². The van der Waals surface area contributed by atoms with Crippen molar-refractivity contribution in [3.05, 3.63) is 36.4 Å². The fraction of sp³-hybridized carbons (Fsp3) is 0.286. The van der Waals surface area contributed by atoms with Crippen LogP contribution in [0.2, 0.25) is 0 Å². The van der Waals surface area contributed by atoms with Gasteiger partial charge in [-0.1, -0.05) is 23.4 Å². The SMILES string of the molecule is CCOCC(N)c1noc(-c2coc3ccccc23)n1. The Hall–Kier alpha value is -2.18. The van der Waals surface area contributed by atoms with Gasteiger partial charge in [-0.05, 0) is 13.0 Å². The van der Waals surface area contributed by atoms with Gasteiger partial charge in [-0.3, -0.25) is 0 Å². The summed E-state index contributed by atoms with van der Waals surface area (Å²) in [7, 11) is 0. The van der Waals surface area contributed by atoms with Crippen LogP contribution in [-0.2, 0) is 4.74 Å². The molecule has 20 heavy (non-hydrogen) atoms. The van der Waals surface area contributed by atoms with Crippen LogP contribution in [-0.4, -0.2) is 23.4 Å². The summed E-state index contributed by atoms with van der Waals surface area (Å²) in [5, 5.41) is 4.83. The number of benzene rings is 1. The van der Waals surface area contributed by atoms with Gasteiger partial charge in [0.1, 0.15) is 11.8 Å². The fourth-order valence-electron chi connectivity index (χ4n) is 1.96. The number of furan rings is 1. The van der Waals surface area contributed by atoms with Crippen LogP contribution in [0.25, 0.3) is 22.4 Å². The van der Waals surface area contributed by atoms with Crippen LogP contribution in [0.15, 0.2) is 39.5 Å². The maximum Gasteiger partial charge on any atom is 0.261 e. The molecule has 2 N–H and O–H groups in total. The van der Waals surface area contributed by atoms with Crippen LogP contribution >= 0.6 is 0 Å². The smallest absolute Gasteiger partial charge is 0.261 e. The molecule has 1 unspecified atom stereocenters.